The number of fused-ring (bicyclic) bond motifs is 1. The van der Waals surface area contributed by atoms with Crippen molar-refractivity contribution in [1.82, 2.24) is 19.2 Å². The number of piperidine rings is 1. The van der Waals surface area contributed by atoms with Crippen molar-refractivity contribution in [2.75, 3.05) is 13.1 Å². The summed E-state index contributed by atoms with van der Waals surface area (Å²) in [4.78, 5) is 35.1. The molecular formula is C20H30N4O4S. The summed E-state index contributed by atoms with van der Waals surface area (Å²) in [7, 11) is -3.41. The topological polar surface area (TPSA) is 103 Å². The Hall–Kier alpha value is -1.74. The van der Waals surface area contributed by atoms with Gasteiger partial charge in [-0.25, -0.2) is 13.4 Å². The molecule has 1 saturated heterocycles. The quantitative estimate of drug-likeness (QED) is 0.793. The van der Waals surface area contributed by atoms with Gasteiger partial charge in [0.25, 0.3) is 5.56 Å². The first kappa shape index (κ1) is 20.5. The van der Waals surface area contributed by atoms with Gasteiger partial charge in [0, 0.05) is 24.6 Å². The summed E-state index contributed by atoms with van der Waals surface area (Å²) >= 11 is 0. The summed E-state index contributed by atoms with van der Waals surface area (Å²) in [6.07, 6.45) is 3.99. The Labute approximate surface area is 171 Å². The molecule has 9 heteroatoms. The fourth-order valence-corrected chi connectivity index (χ4v) is 5.71. The number of aromatic nitrogens is 2. The lowest BCUT2D eigenvalue weighted by molar-refractivity contribution is -0.137. The molecule has 0 bridgehead atoms. The highest BCUT2D eigenvalue weighted by molar-refractivity contribution is 7.89. The third-order valence-electron chi connectivity index (χ3n) is 6.54. The largest absolute Gasteiger partial charge is 0.332 e. The molecule has 1 aromatic heterocycles. The Morgan fingerprint density at radius 1 is 1.24 bits per heavy atom. The van der Waals surface area contributed by atoms with E-state index in [0.29, 0.717) is 42.5 Å². The van der Waals surface area contributed by atoms with Gasteiger partial charge in [-0.2, -0.15) is 4.31 Å². The van der Waals surface area contributed by atoms with Crippen LogP contribution in [-0.2, 0) is 27.8 Å². The van der Waals surface area contributed by atoms with E-state index in [2.05, 4.69) is 11.9 Å². The molecule has 0 radical (unpaired) electrons. The summed E-state index contributed by atoms with van der Waals surface area (Å²) in [5.41, 5.74) is 0.884. The van der Waals surface area contributed by atoms with E-state index >= 15 is 0 Å². The zero-order chi connectivity index (χ0) is 20.9. The average Bonchev–Trinajstić information content (AvgIpc) is 3.43. The van der Waals surface area contributed by atoms with Crippen LogP contribution < -0.4 is 5.56 Å². The number of H-pyrrole nitrogens is 1. The van der Waals surface area contributed by atoms with Gasteiger partial charge in [0.15, 0.2) is 0 Å². The van der Waals surface area contributed by atoms with E-state index in [1.165, 1.54) is 4.31 Å². The minimum absolute atomic E-state index is 0.0895. The summed E-state index contributed by atoms with van der Waals surface area (Å²) in [6, 6.07) is -0.237. The number of hydrogen-bond donors (Lipinski definition) is 1. The maximum absolute atomic E-state index is 12.9. The van der Waals surface area contributed by atoms with Gasteiger partial charge < -0.3 is 9.88 Å². The number of nitrogens with zero attached hydrogens (tertiary/aromatic N) is 3. The first-order chi connectivity index (χ1) is 13.7. The molecule has 3 heterocycles. The minimum atomic E-state index is -3.41. The van der Waals surface area contributed by atoms with E-state index in [1.54, 1.807) is 13.8 Å². The molecule has 1 saturated carbocycles. The highest BCUT2D eigenvalue weighted by atomic mass is 32.2. The fourth-order valence-electron chi connectivity index (χ4n) is 4.47. The molecule has 1 N–H and O–H groups in total. The zero-order valence-corrected chi connectivity index (χ0v) is 18.2. The Bertz CT molecular complexity index is 971. The molecule has 2 aliphatic heterocycles. The predicted molar refractivity (Wildman–Crippen MR) is 109 cm³/mol. The van der Waals surface area contributed by atoms with Gasteiger partial charge in [0.1, 0.15) is 5.82 Å². The van der Waals surface area contributed by atoms with E-state index < -0.39 is 15.3 Å². The number of likely N-dealkylation sites (tertiary alicyclic amines) is 1. The first-order valence-electron chi connectivity index (χ1n) is 10.6. The lowest BCUT2D eigenvalue weighted by atomic mass is 9.99. The van der Waals surface area contributed by atoms with Crippen molar-refractivity contribution in [2.45, 2.75) is 70.7 Å². The Morgan fingerprint density at radius 3 is 2.62 bits per heavy atom. The lowest BCUT2D eigenvalue weighted by Gasteiger charge is -2.36. The van der Waals surface area contributed by atoms with Crippen molar-refractivity contribution >= 4 is 15.9 Å². The van der Waals surface area contributed by atoms with Gasteiger partial charge in [-0.05, 0) is 51.9 Å². The summed E-state index contributed by atoms with van der Waals surface area (Å²) in [5, 5.41) is -0.516. The smallest absolute Gasteiger partial charge is 0.254 e. The molecule has 2 fully saturated rings. The van der Waals surface area contributed by atoms with Gasteiger partial charge in [-0.15, -0.1) is 0 Å². The van der Waals surface area contributed by atoms with E-state index in [9.17, 15) is 18.0 Å². The maximum atomic E-state index is 12.9. The van der Waals surface area contributed by atoms with Crippen LogP contribution in [0.3, 0.4) is 0 Å². The molecule has 3 aliphatic rings. The van der Waals surface area contributed by atoms with Crippen LogP contribution in [0.4, 0.5) is 0 Å². The number of hydrogen-bond acceptors (Lipinski definition) is 5. The van der Waals surface area contributed by atoms with E-state index in [4.69, 9.17) is 4.98 Å². The van der Waals surface area contributed by atoms with Crippen molar-refractivity contribution < 1.29 is 13.2 Å². The van der Waals surface area contributed by atoms with Crippen molar-refractivity contribution in [3.63, 3.8) is 0 Å². The average molecular weight is 423 g/mol. The molecule has 160 valence electrons. The number of nitrogens with one attached hydrogen (secondary N) is 1. The lowest BCUT2D eigenvalue weighted by Crippen LogP contribution is -2.44. The van der Waals surface area contributed by atoms with Crippen LogP contribution in [0.25, 0.3) is 0 Å². The molecule has 1 aromatic rings. The second-order valence-electron chi connectivity index (χ2n) is 8.92. The van der Waals surface area contributed by atoms with Crippen LogP contribution in [0.15, 0.2) is 4.79 Å². The van der Waals surface area contributed by atoms with Gasteiger partial charge in [-0.3, -0.25) is 9.59 Å². The van der Waals surface area contributed by atoms with Crippen LogP contribution in [0.2, 0.25) is 0 Å². The van der Waals surface area contributed by atoms with E-state index in [0.717, 1.165) is 25.7 Å². The summed E-state index contributed by atoms with van der Waals surface area (Å²) < 4.78 is 26.6. The molecule has 1 amide bonds. The van der Waals surface area contributed by atoms with Gasteiger partial charge in [0.2, 0.25) is 15.9 Å². The number of carbonyl (C=O) groups is 1. The van der Waals surface area contributed by atoms with Crippen LogP contribution >= 0.6 is 0 Å². The molecule has 1 aliphatic carbocycles. The van der Waals surface area contributed by atoms with Crippen molar-refractivity contribution in [2.24, 2.45) is 11.8 Å². The first-order valence-corrected chi connectivity index (χ1v) is 12.1. The second kappa shape index (κ2) is 7.50. The van der Waals surface area contributed by atoms with Crippen LogP contribution in [0, 0.1) is 11.8 Å². The number of aromatic amines is 1. The van der Waals surface area contributed by atoms with Crippen molar-refractivity contribution in [3.8, 4) is 0 Å². The highest BCUT2D eigenvalue weighted by Crippen LogP contribution is 2.42. The van der Waals surface area contributed by atoms with Crippen molar-refractivity contribution in [1.29, 1.82) is 0 Å². The monoisotopic (exact) mass is 422 g/mol. The number of rotatable bonds is 4. The SMILES string of the molecule is CC1CC1C(=O)N1CCCCC1c1nc2c(c(=O)[nH]1)CCN(S(=O)(=O)C(C)C)C2. The Morgan fingerprint density at radius 2 is 1.97 bits per heavy atom. The van der Waals surface area contributed by atoms with Crippen LogP contribution in [0.5, 0.6) is 0 Å². The second-order valence-corrected chi connectivity index (χ2v) is 11.4. The zero-order valence-electron chi connectivity index (χ0n) is 17.3. The highest BCUT2D eigenvalue weighted by Gasteiger charge is 2.44. The summed E-state index contributed by atoms with van der Waals surface area (Å²) in [6.45, 7) is 6.50. The van der Waals surface area contributed by atoms with Gasteiger partial charge in [0.05, 0.1) is 23.5 Å². The molecule has 8 nitrogen and oxygen atoms in total. The molecule has 4 rings (SSSR count). The normalized spacial score (nSPS) is 27.7. The molecule has 3 unspecified atom stereocenters. The van der Waals surface area contributed by atoms with Gasteiger partial charge >= 0.3 is 0 Å². The molecule has 3 atom stereocenters. The molecular weight excluding hydrogens is 392 g/mol. The Kier molecular flexibility index (Phi) is 5.31. The Balaban J connectivity index is 1.65. The van der Waals surface area contributed by atoms with Crippen LogP contribution in [-0.4, -0.2) is 51.8 Å². The number of carbonyl (C=O) groups excluding carboxylic acids is 1. The number of amides is 1. The molecule has 0 spiro atoms. The fraction of sp³-hybridized carbons (Fsp3) is 0.750. The third-order valence-corrected chi connectivity index (χ3v) is 8.76. The van der Waals surface area contributed by atoms with E-state index in [-0.39, 0.29) is 30.0 Å². The molecule has 29 heavy (non-hydrogen) atoms. The van der Waals surface area contributed by atoms with Crippen LogP contribution in [0.1, 0.15) is 69.6 Å². The predicted octanol–water partition coefficient (Wildman–Crippen LogP) is 1.58. The minimum Gasteiger partial charge on any atom is -0.332 e. The maximum Gasteiger partial charge on any atom is 0.254 e. The standard InChI is InChI=1S/C20H30N4O4S/c1-12(2)29(27,28)23-9-7-14-16(11-23)21-18(22-19(14)25)17-6-4-5-8-24(17)20(26)15-10-13(15)3/h12-13,15,17H,4-11H2,1-3H3,(H,21,22,25). The van der Waals surface area contributed by atoms with E-state index in [1.807, 2.05) is 4.90 Å². The summed E-state index contributed by atoms with van der Waals surface area (Å²) in [5.74, 6) is 1.17. The van der Waals surface area contributed by atoms with Gasteiger partial charge in [-0.1, -0.05) is 6.92 Å². The number of sulfonamides is 1. The molecule has 0 aromatic carbocycles. The third kappa shape index (κ3) is 3.74. The van der Waals surface area contributed by atoms with Crippen molar-refractivity contribution in [3.05, 3.63) is 27.4 Å².